The van der Waals surface area contributed by atoms with E-state index in [1.54, 1.807) is 47.9 Å². The molecule has 9 nitrogen and oxygen atoms in total. The predicted molar refractivity (Wildman–Crippen MR) is 157 cm³/mol. The third-order valence-corrected chi connectivity index (χ3v) is 7.96. The molecule has 6 rings (SSSR count). The molecule has 2 aromatic heterocycles. The van der Waals surface area contributed by atoms with Crippen molar-refractivity contribution in [3.63, 3.8) is 0 Å². The number of nitrogens with zero attached hydrogens (tertiary/aromatic N) is 6. The SMILES string of the molecule is Cn1cncc1C(O)C1=Cc2cccnc2[C@@H](N2CCN(C(=O)Nc3ccc(C#N)cc3)CC2)c2ccc(Cl)cc21. The molecule has 1 aliphatic heterocycles. The topological polar surface area (TPSA) is 110 Å². The summed E-state index contributed by atoms with van der Waals surface area (Å²) in [5.41, 5.74) is 6.25. The molecule has 3 heterocycles. The van der Waals surface area contributed by atoms with Crippen LogP contribution in [0.5, 0.6) is 0 Å². The average Bonchev–Trinajstić information content (AvgIpc) is 3.37. The number of benzene rings is 2. The van der Waals surface area contributed by atoms with Crippen molar-refractivity contribution < 1.29 is 9.90 Å². The Morgan fingerprint density at radius 3 is 2.63 bits per heavy atom. The normalized spacial score (nSPS) is 17.5. The van der Waals surface area contributed by atoms with Crippen molar-refractivity contribution in [3.05, 3.63) is 112 Å². The molecule has 1 saturated heterocycles. The molecule has 1 aliphatic carbocycles. The Kier molecular flexibility index (Phi) is 7.28. The monoisotopic (exact) mass is 565 g/mol. The van der Waals surface area contributed by atoms with Crippen molar-refractivity contribution in [2.24, 2.45) is 7.05 Å². The number of aromatic nitrogens is 3. The largest absolute Gasteiger partial charge is 0.382 e. The molecule has 2 atom stereocenters. The number of carbonyl (C=O) groups is 1. The predicted octanol–water partition coefficient (Wildman–Crippen LogP) is 4.87. The van der Waals surface area contributed by atoms with Crippen LogP contribution in [0.3, 0.4) is 0 Å². The fourth-order valence-corrected chi connectivity index (χ4v) is 5.76. The van der Waals surface area contributed by atoms with Gasteiger partial charge in [0.1, 0.15) is 6.10 Å². The number of nitriles is 1. The molecular formula is C31H28ClN7O2. The first-order chi connectivity index (χ1) is 19.9. The van der Waals surface area contributed by atoms with E-state index >= 15 is 0 Å². The zero-order chi connectivity index (χ0) is 28.5. The highest BCUT2D eigenvalue weighted by Gasteiger charge is 2.35. The number of urea groups is 1. The first-order valence-electron chi connectivity index (χ1n) is 13.3. The summed E-state index contributed by atoms with van der Waals surface area (Å²) in [7, 11) is 1.86. The molecule has 41 heavy (non-hydrogen) atoms. The lowest BCUT2D eigenvalue weighted by molar-refractivity contribution is 0.125. The summed E-state index contributed by atoms with van der Waals surface area (Å²) in [5, 5.41) is 24.1. The lowest BCUT2D eigenvalue weighted by Crippen LogP contribution is -2.51. The number of rotatable bonds is 4. The molecule has 1 unspecified atom stereocenters. The van der Waals surface area contributed by atoms with E-state index in [-0.39, 0.29) is 12.1 Å². The van der Waals surface area contributed by atoms with Gasteiger partial charge in [0.2, 0.25) is 0 Å². The van der Waals surface area contributed by atoms with Crippen molar-refractivity contribution in [2.75, 3.05) is 31.5 Å². The van der Waals surface area contributed by atoms with Crippen LogP contribution in [0.25, 0.3) is 11.6 Å². The van der Waals surface area contributed by atoms with Crippen LogP contribution < -0.4 is 5.32 Å². The number of carbonyl (C=O) groups excluding carboxylic acids is 1. The van der Waals surface area contributed by atoms with Crippen molar-refractivity contribution >= 4 is 35.0 Å². The standard InChI is InChI=1S/C31H28ClN7O2/c1-37-19-34-18-27(37)30(40)26-15-21-3-2-10-35-28(21)29(24-9-6-22(32)16-25(24)26)38-11-13-39(14-12-38)31(41)36-23-7-4-20(17-33)5-8-23/h2-10,15-16,18-19,29-30,40H,11-14H2,1H3,(H,36,41)/t29-,30?/m0/s1. The fraction of sp³-hybridized carbons (Fsp3) is 0.226. The van der Waals surface area contributed by atoms with Crippen LogP contribution in [-0.2, 0) is 7.05 Å². The number of nitrogens with one attached hydrogen (secondary N) is 1. The number of hydrogen-bond donors (Lipinski definition) is 2. The third kappa shape index (κ3) is 5.21. The second-order valence-corrected chi connectivity index (χ2v) is 10.6. The number of pyridine rings is 1. The first kappa shape index (κ1) is 26.7. The minimum atomic E-state index is -0.922. The van der Waals surface area contributed by atoms with Gasteiger partial charge < -0.3 is 19.9 Å². The number of halogens is 1. The zero-order valence-corrected chi connectivity index (χ0v) is 23.2. The second kappa shape index (κ2) is 11.2. The molecule has 0 saturated carbocycles. The fourth-order valence-electron chi connectivity index (χ4n) is 5.59. The van der Waals surface area contributed by atoms with Gasteiger partial charge in [0, 0.05) is 50.1 Å². The van der Waals surface area contributed by atoms with E-state index in [0.29, 0.717) is 48.1 Å². The van der Waals surface area contributed by atoms with Crippen LogP contribution >= 0.6 is 11.6 Å². The van der Waals surface area contributed by atoms with Gasteiger partial charge in [-0.3, -0.25) is 9.88 Å². The maximum Gasteiger partial charge on any atom is 0.321 e. The number of hydrogen-bond acceptors (Lipinski definition) is 6. The maximum atomic E-state index is 13.0. The van der Waals surface area contributed by atoms with Gasteiger partial charge in [0.15, 0.2) is 0 Å². The lowest BCUT2D eigenvalue weighted by atomic mass is 9.91. The van der Waals surface area contributed by atoms with Crippen molar-refractivity contribution in [2.45, 2.75) is 12.1 Å². The molecule has 2 amide bonds. The summed E-state index contributed by atoms with van der Waals surface area (Å²) < 4.78 is 1.81. The van der Waals surface area contributed by atoms with E-state index in [1.165, 1.54) is 0 Å². The number of piperazine rings is 1. The van der Waals surface area contributed by atoms with Crippen LogP contribution in [0.1, 0.15) is 45.8 Å². The number of anilines is 1. The summed E-state index contributed by atoms with van der Waals surface area (Å²) in [5.74, 6) is 0. The third-order valence-electron chi connectivity index (χ3n) is 7.72. The quantitative estimate of drug-likeness (QED) is 0.365. The molecule has 2 aromatic carbocycles. The molecular weight excluding hydrogens is 538 g/mol. The number of imidazole rings is 1. The number of amides is 2. The summed E-state index contributed by atoms with van der Waals surface area (Å²) >= 11 is 6.52. The van der Waals surface area contributed by atoms with Gasteiger partial charge in [-0.25, -0.2) is 9.78 Å². The number of aliphatic hydroxyl groups is 1. The minimum Gasteiger partial charge on any atom is -0.382 e. The van der Waals surface area contributed by atoms with Crippen LogP contribution in [0.15, 0.2) is 73.3 Å². The Hall–Kier alpha value is -4.49. The van der Waals surface area contributed by atoms with Crippen LogP contribution in [0.4, 0.5) is 10.5 Å². The van der Waals surface area contributed by atoms with E-state index in [1.807, 2.05) is 48.0 Å². The number of aryl methyl sites for hydroxylation is 1. The molecule has 4 aromatic rings. The highest BCUT2D eigenvalue weighted by molar-refractivity contribution is 6.30. The summed E-state index contributed by atoms with van der Waals surface area (Å²) in [6, 6.07) is 18.2. The zero-order valence-electron chi connectivity index (χ0n) is 22.4. The smallest absolute Gasteiger partial charge is 0.321 e. The maximum absolute atomic E-state index is 13.0. The van der Waals surface area contributed by atoms with Gasteiger partial charge >= 0.3 is 6.03 Å². The van der Waals surface area contributed by atoms with Gasteiger partial charge in [0.05, 0.1) is 41.6 Å². The van der Waals surface area contributed by atoms with Gasteiger partial charge in [-0.15, -0.1) is 0 Å². The Morgan fingerprint density at radius 1 is 1.15 bits per heavy atom. The highest BCUT2D eigenvalue weighted by atomic mass is 35.5. The molecule has 2 aliphatic rings. The van der Waals surface area contributed by atoms with Gasteiger partial charge in [-0.1, -0.05) is 23.7 Å². The van der Waals surface area contributed by atoms with E-state index in [0.717, 1.165) is 28.0 Å². The minimum absolute atomic E-state index is 0.177. The van der Waals surface area contributed by atoms with Crippen molar-refractivity contribution in [1.29, 1.82) is 5.26 Å². The summed E-state index contributed by atoms with van der Waals surface area (Å²) in [6.45, 7) is 2.32. The summed E-state index contributed by atoms with van der Waals surface area (Å²) in [4.78, 5) is 26.2. The average molecular weight is 566 g/mol. The molecule has 0 bridgehead atoms. The van der Waals surface area contributed by atoms with Crippen molar-refractivity contribution in [3.8, 4) is 6.07 Å². The Bertz CT molecular complexity index is 1670. The van der Waals surface area contributed by atoms with Gasteiger partial charge in [0.25, 0.3) is 0 Å². The lowest BCUT2D eigenvalue weighted by Gasteiger charge is -2.39. The molecule has 0 radical (unpaired) electrons. The Balaban J connectivity index is 1.30. The Labute approximate surface area is 242 Å². The molecule has 10 heteroatoms. The Morgan fingerprint density at radius 2 is 1.93 bits per heavy atom. The highest BCUT2D eigenvalue weighted by Crippen LogP contribution is 2.44. The molecule has 0 spiro atoms. The summed E-state index contributed by atoms with van der Waals surface area (Å²) in [6.07, 6.45) is 6.21. The van der Waals surface area contributed by atoms with Crippen LogP contribution in [0, 0.1) is 11.3 Å². The van der Waals surface area contributed by atoms with E-state index < -0.39 is 6.10 Å². The van der Waals surface area contributed by atoms with Crippen LogP contribution in [-0.4, -0.2) is 61.7 Å². The molecule has 2 N–H and O–H groups in total. The van der Waals surface area contributed by atoms with Crippen molar-refractivity contribution in [1.82, 2.24) is 24.3 Å². The molecule has 206 valence electrons. The molecule has 1 fully saturated rings. The number of fused-ring (bicyclic) bond motifs is 2. The first-order valence-corrected chi connectivity index (χ1v) is 13.7. The van der Waals surface area contributed by atoms with Gasteiger partial charge in [-0.2, -0.15) is 5.26 Å². The van der Waals surface area contributed by atoms with E-state index in [4.69, 9.17) is 21.8 Å². The van der Waals surface area contributed by atoms with E-state index in [2.05, 4.69) is 21.3 Å². The number of aliphatic hydroxyl groups excluding tert-OH is 1. The van der Waals surface area contributed by atoms with E-state index in [9.17, 15) is 9.90 Å². The second-order valence-electron chi connectivity index (χ2n) is 10.2. The van der Waals surface area contributed by atoms with Gasteiger partial charge in [-0.05, 0) is 70.8 Å². The van der Waals surface area contributed by atoms with Crippen LogP contribution in [0.2, 0.25) is 5.02 Å².